The number of para-hydroxylation sites is 1. The van der Waals surface area contributed by atoms with E-state index in [-0.39, 0.29) is 17.6 Å². The lowest BCUT2D eigenvalue weighted by Gasteiger charge is -2.25. The molecule has 0 radical (unpaired) electrons. The van der Waals surface area contributed by atoms with Gasteiger partial charge in [0.2, 0.25) is 0 Å². The number of rotatable bonds is 7. The van der Waals surface area contributed by atoms with Crippen LogP contribution in [-0.4, -0.2) is 23.7 Å². The minimum Gasteiger partial charge on any atom is -0.497 e. The van der Waals surface area contributed by atoms with Crippen LogP contribution < -0.4 is 29.7 Å². The second-order valence-electron chi connectivity index (χ2n) is 9.54. The van der Waals surface area contributed by atoms with Crippen LogP contribution in [0.3, 0.4) is 0 Å². The van der Waals surface area contributed by atoms with E-state index in [1.807, 2.05) is 92.7 Å². The molecule has 40 heavy (non-hydrogen) atoms. The van der Waals surface area contributed by atoms with Gasteiger partial charge in [0.1, 0.15) is 11.5 Å². The Hall–Kier alpha value is -3.95. The summed E-state index contributed by atoms with van der Waals surface area (Å²) >= 11 is 4.86. The summed E-state index contributed by atoms with van der Waals surface area (Å²) < 4.78 is 14.2. The molecular formula is C31H28BrN3O4S. The van der Waals surface area contributed by atoms with E-state index in [2.05, 4.69) is 21.2 Å². The van der Waals surface area contributed by atoms with Crippen molar-refractivity contribution in [2.45, 2.75) is 32.9 Å². The lowest BCUT2D eigenvalue weighted by atomic mass is 9.95. The monoisotopic (exact) mass is 617 g/mol. The van der Waals surface area contributed by atoms with Gasteiger partial charge in [0, 0.05) is 5.69 Å². The molecule has 2 heterocycles. The van der Waals surface area contributed by atoms with Crippen LogP contribution in [-0.2, 0) is 4.79 Å². The van der Waals surface area contributed by atoms with Crippen molar-refractivity contribution in [1.29, 1.82) is 0 Å². The van der Waals surface area contributed by atoms with E-state index in [0.717, 1.165) is 21.3 Å². The highest BCUT2D eigenvalue weighted by Gasteiger charge is 2.32. The molecule has 0 saturated heterocycles. The van der Waals surface area contributed by atoms with Crippen molar-refractivity contribution in [2.24, 2.45) is 4.99 Å². The van der Waals surface area contributed by atoms with Crippen LogP contribution in [0.4, 0.5) is 5.69 Å². The first-order valence-electron chi connectivity index (χ1n) is 12.7. The van der Waals surface area contributed by atoms with Gasteiger partial charge < -0.3 is 14.8 Å². The number of methoxy groups -OCH3 is 1. The second kappa shape index (κ2) is 11.7. The fourth-order valence-electron chi connectivity index (χ4n) is 4.57. The number of aromatic nitrogens is 1. The number of nitrogens with zero attached hydrogens (tertiary/aromatic N) is 2. The SMILES string of the molecule is COc1cccc([C@H]2C(C(=O)Nc3ccccc3)=C(C)N=c3s/c(=C\c4ccc(OC(C)C)c(Br)c4)c(=O)n32)c1. The first-order valence-corrected chi connectivity index (χ1v) is 14.3. The minimum absolute atomic E-state index is 0.0407. The highest BCUT2D eigenvalue weighted by Crippen LogP contribution is 2.32. The third-order valence-corrected chi connectivity index (χ3v) is 7.93. The molecule has 7 nitrogen and oxygen atoms in total. The summed E-state index contributed by atoms with van der Waals surface area (Å²) in [4.78, 5) is 32.9. The molecule has 0 spiro atoms. The van der Waals surface area contributed by atoms with Gasteiger partial charge in [-0.1, -0.05) is 47.7 Å². The number of nitrogens with one attached hydrogen (secondary N) is 1. The topological polar surface area (TPSA) is 81.9 Å². The van der Waals surface area contributed by atoms with Crippen LogP contribution in [0.25, 0.3) is 6.08 Å². The highest BCUT2D eigenvalue weighted by molar-refractivity contribution is 9.10. The Labute approximate surface area is 244 Å². The van der Waals surface area contributed by atoms with Gasteiger partial charge in [-0.05, 0) is 90.3 Å². The standard InChI is InChI=1S/C31H28BrN3O4S/c1-18(2)39-25-14-13-20(15-24(25)32)16-26-30(37)35-28(21-9-8-12-23(17-21)38-4)27(19(3)33-31(35)40-26)29(36)34-22-10-6-5-7-11-22/h5-18,28H,1-4H3,(H,34,36)/b26-16-/t28-/m0/s1. The van der Waals surface area contributed by atoms with Gasteiger partial charge >= 0.3 is 0 Å². The number of benzene rings is 3. The normalized spacial score (nSPS) is 15.1. The molecule has 4 aromatic rings. The second-order valence-corrected chi connectivity index (χ2v) is 11.4. The molecule has 3 aromatic carbocycles. The fraction of sp³-hybridized carbons (Fsp3) is 0.194. The lowest BCUT2D eigenvalue weighted by Crippen LogP contribution is -2.40. The number of hydrogen-bond acceptors (Lipinski definition) is 6. The van der Waals surface area contributed by atoms with Gasteiger partial charge in [0.05, 0.1) is 39.5 Å². The van der Waals surface area contributed by atoms with E-state index >= 15 is 0 Å². The number of fused-ring (bicyclic) bond motifs is 1. The number of carbonyl (C=O) groups is 1. The number of anilines is 1. The Balaban J connectivity index is 1.64. The largest absolute Gasteiger partial charge is 0.497 e. The van der Waals surface area contributed by atoms with E-state index in [1.54, 1.807) is 18.6 Å². The molecule has 1 amide bonds. The Kier molecular flexibility index (Phi) is 8.04. The summed E-state index contributed by atoms with van der Waals surface area (Å²) in [6.45, 7) is 5.74. The number of hydrogen-bond donors (Lipinski definition) is 1. The molecule has 204 valence electrons. The Morgan fingerprint density at radius 1 is 1.10 bits per heavy atom. The summed E-state index contributed by atoms with van der Waals surface area (Å²) in [5.41, 5.74) is 2.96. The van der Waals surface area contributed by atoms with Gasteiger partial charge in [0.25, 0.3) is 11.5 Å². The molecule has 0 unspecified atom stereocenters. The van der Waals surface area contributed by atoms with E-state index in [9.17, 15) is 9.59 Å². The summed E-state index contributed by atoms with van der Waals surface area (Å²) in [7, 11) is 1.59. The number of amides is 1. The lowest BCUT2D eigenvalue weighted by molar-refractivity contribution is -0.113. The maximum Gasteiger partial charge on any atom is 0.271 e. The van der Waals surface area contributed by atoms with Crippen LogP contribution in [0.15, 0.2) is 98.3 Å². The molecule has 0 aliphatic carbocycles. The highest BCUT2D eigenvalue weighted by atomic mass is 79.9. The number of allylic oxidation sites excluding steroid dienone is 1. The van der Waals surface area contributed by atoms with Crippen molar-refractivity contribution < 1.29 is 14.3 Å². The van der Waals surface area contributed by atoms with Crippen molar-refractivity contribution in [3.05, 3.63) is 119 Å². The number of thiazole rings is 1. The molecule has 1 aliphatic rings. The third kappa shape index (κ3) is 5.66. The molecule has 1 aromatic heterocycles. The Morgan fingerprint density at radius 2 is 1.88 bits per heavy atom. The predicted molar refractivity (Wildman–Crippen MR) is 162 cm³/mol. The van der Waals surface area contributed by atoms with Crippen LogP contribution in [0.5, 0.6) is 11.5 Å². The maximum atomic E-state index is 13.9. The average molecular weight is 619 g/mol. The summed E-state index contributed by atoms with van der Waals surface area (Å²) in [5, 5.41) is 2.97. The van der Waals surface area contributed by atoms with Crippen molar-refractivity contribution in [3.8, 4) is 11.5 Å². The maximum absolute atomic E-state index is 13.9. The molecule has 0 bridgehead atoms. The Bertz CT molecular complexity index is 1790. The van der Waals surface area contributed by atoms with Crippen LogP contribution >= 0.6 is 27.3 Å². The Morgan fingerprint density at radius 3 is 2.58 bits per heavy atom. The summed E-state index contributed by atoms with van der Waals surface area (Å²) in [5.74, 6) is 1.04. The van der Waals surface area contributed by atoms with Crippen LogP contribution in [0.1, 0.15) is 37.9 Å². The van der Waals surface area contributed by atoms with Crippen molar-refractivity contribution >= 4 is 44.9 Å². The molecule has 0 fully saturated rings. The first-order chi connectivity index (χ1) is 19.2. The van der Waals surface area contributed by atoms with Crippen LogP contribution in [0.2, 0.25) is 0 Å². The minimum atomic E-state index is -0.689. The van der Waals surface area contributed by atoms with Gasteiger partial charge in [-0.3, -0.25) is 14.2 Å². The van der Waals surface area contributed by atoms with Gasteiger partial charge in [-0.25, -0.2) is 4.99 Å². The van der Waals surface area contributed by atoms with Crippen LogP contribution in [0, 0.1) is 0 Å². The fourth-order valence-corrected chi connectivity index (χ4v) is 6.10. The molecule has 1 aliphatic heterocycles. The smallest absolute Gasteiger partial charge is 0.271 e. The van der Waals surface area contributed by atoms with Crippen molar-refractivity contribution in [3.63, 3.8) is 0 Å². The van der Waals surface area contributed by atoms with Crippen molar-refractivity contribution in [1.82, 2.24) is 4.57 Å². The zero-order valence-corrected chi connectivity index (χ0v) is 24.9. The number of carbonyl (C=O) groups excluding carboxylic acids is 1. The number of halogens is 1. The quantitative estimate of drug-likeness (QED) is 0.300. The van der Waals surface area contributed by atoms with Gasteiger partial charge in [-0.2, -0.15) is 0 Å². The van der Waals surface area contributed by atoms with E-state index in [0.29, 0.717) is 32.0 Å². The molecule has 1 N–H and O–H groups in total. The first kappa shape index (κ1) is 27.6. The molecule has 0 saturated carbocycles. The molecule has 1 atom stereocenters. The van der Waals surface area contributed by atoms with Gasteiger partial charge in [-0.15, -0.1) is 0 Å². The zero-order valence-electron chi connectivity index (χ0n) is 22.5. The molecular weight excluding hydrogens is 590 g/mol. The van der Waals surface area contributed by atoms with Gasteiger partial charge in [0.15, 0.2) is 4.80 Å². The number of ether oxygens (including phenoxy) is 2. The van der Waals surface area contributed by atoms with Crippen molar-refractivity contribution in [2.75, 3.05) is 12.4 Å². The molecule has 5 rings (SSSR count). The average Bonchev–Trinajstić information content (AvgIpc) is 3.23. The zero-order chi connectivity index (χ0) is 28.4. The van der Waals surface area contributed by atoms with E-state index in [1.165, 1.54) is 11.3 Å². The van der Waals surface area contributed by atoms with E-state index < -0.39 is 6.04 Å². The third-order valence-electron chi connectivity index (χ3n) is 6.32. The summed E-state index contributed by atoms with van der Waals surface area (Å²) in [6, 6.07) is 21.7. The van der Waals surface area contributed by atoms with E-state index in [4.69, 9.17) is 14.5 Å². The molecule has 9 heteroatoms. The summed E-state index contributed by atoms with van der Waals surface area (Å²) in [6.07, 6.45) is 1.87. The predicted octanol–water partition coefficient (Wildman–Crippen LogP) is 5.43.